The highest BCUT2D eigenvalue weighted by atomic mass is 15.2. The van der Waals surface area contributed by atoms with Gasteiger partial charge in [-0.15, -0.1) is 0 Å². The Hall–Kier alpha value is -1.42. The number of hydrogen-bond donors (Lipinski definition) is 1. The molecule has 2 heterocycles. The molecule has 0 saturated heterocycles. The number of aryl methyl sites for hydroxylation is 1. The minimum absolute atomic E-state index is 0.648. The summed E-state index contributed by atoms with van der Waals surface area (Å²) in [6, 6.07) is 2.01. The summed E-state index contributed by atoms with van der Waals surface area (Å²) in [5.74, 6) is 0. The topological polar surface area (TPSA) is 56.2 Å². The number of aromatic nitrogens is 3. The van der Waals surface area contributed by atoms with E-state index in [-0.39, 0.29) is 0 Å². The van der Waals surface area contributed by atoms with Crippen LogP contribution >= 0.6 is 0 Å². The summed E-state index contributed by atoms with van der Waals surface area (Å²) in [6.45, 7) is 2.73. The Bertz CT molecular complexity index is 433. The molecule has 0 amide bonds. The van der Waals surface area contributed by atoms with Gasteiger partial charge in [0.15, 0.2) is 5.65 Å². The fourth-order valence-corrected chi connectivity index (χ4v) is 1.43. The van der Waals surface area contributed by atoms with E-state index < -0.39 is 0 Å². The fraction of sp³-hybridized carbons (Fsp3) is 0.400. The van der Waals surface area contributed by atoms with Gasteiger partial charge in [-0.3, -0.25) is 0 Å². The van der Waals surface area contributed by atoms with E-state index in [1.807, 2.05) is 23.0 Å². The zero-order valence-corrected chi connectivity index (χ0v) is 8.27. The van der Waals surface area contributed by atoms with Crippen LogP contribution in [-0.2, 0) is 12.8 Å². The number of hydrogen-bond acceptors (Lipinski definition) is 3. The molecule has 2 aromatic heterocycles. The van der Waals surface area contributed by atoms with Crippen molar-refractivity contribution in [1.29, 1.82) is 0 Å². The van der Waals surface area contributed by atoms with Crippen LogP contribution in [0.2, 0.25) is 0 Å². The molecule has 0 bridgehead atoms. The van der Waals surface area contributed by atoms with Gasteiger partial charge in [-0.25, -0.2) is 9.50 Å². The Balaban J connectivity index is 2.43. The monoisotopic (exact) mass is 190 g/mol. The van der Waals surface area contributed by atoms with E-state index in [1.54, 1.807) is 0 Å². The standard InChI is InChI=1S/C10H14N4/c1-2-9-5-10-12-6-8(3-4-11)7-14(10)13-9/h5-7H,2-4,11H2,1H3. The second kappa shape index (κ2) is 3.75. The molecule has 14 heavy (non-hydrogen) atoms. The maximum absolute atomic E-state index is 5.48. The molecule has 0 saturated carbocycles. The molecule has 0 fully saturated rings. The summed E-state index contributed by atoms with van der Waals surface area (Å²) in [5.41, 5.74) is 8.59. The van der Waals surface area contributed by atoms with Crippen LogP contribution in [0.25, 0.3) is 5.65 Å². The van der Waals surface area contributed by atoms with Gasteiger partial charge in [0.05, 0.1) is 5.69 Å². The van der Waals surface area contributed by atoms with Crippen molar-refractivity contribution in [2.45, 2.75) is 19.8 Å². The molecule has 0 aliphatic carbocycles. The fourth-order valence-electron chi connectivity index (χ4n) is 1.43. The van der Waals surface area contributed by atoms with Gasteiger partial charge in [0, 0.05) is 18.5 Å². The van der Waals surface area contributed by atoms with Crippen molar-refractivity contribution < 1.29 is 0 Å². The Kier molecular flexibility index (Phi) is 2.45. The summed E-state index contributed by atoms with van der Waals surface area (Å²) in [6.07, 6.45) is 5.65. The summed E-state index contributed by atoms with van der Waals surface area (Å²) in [5, 5.41) is 4.39. The number of nitrogens with zero attached hydrogens (tertiary/aromatic N) is 3. The molecule has 2 aromatic rings. The second-order valence-corrected chi connectivity index (χ2v) is 3.29. The van der Waals surface area contributed by atoms with Gasteiger partial charge >= 0.3 is 0 Å². The van der Waals surface area contributed by atoms with Gasteiger partial charge in [0.25, 0.3) is 0 Å². The van der Waals surface area contributed by atoms with Crippen molar-refractivity contribution in [3.63, 3.8) is 0 Å². The van der Waals surface area contributed by atoms with Gasteiger partial charge in [0.1, 0.15) is 0 Å². The lowest BCUT2D eigenvalue weighted by molar-refractivity contribution is 0.858. The average molecular weight is 190 g/mol. The van der Waals surface area contributed by atoms with Crippen LogP contribution in [-0.4, -0.2) is 21.1 Å². The summed E-state index contributed by atoms with van der Waals surface area (Å²) >= 11 is 0. The Morgan fingerprint density at radius 3 is 3.07 bits per heavy atom. The van der Waals surface area contributed by atoms with E-state index in [1.165, 1.54) is 0 Å². The predicted molar refractivity (Wildman–Crippen MR) is 55.1 cm³/mol. The first-order valence-electron chi connectivity index (χ1n) is 4.86. The zero-order chi connectivity index (χ0) is 9.97. The smallest absolute Gasteiger partial charge is 0.155 e. The predicted octanol–water partition coefficient (Wildman–Crippen LogP) is 0.793. The van der Waals surface area contributed by atoms with Crippen molar-refractivity contribution in [2.75, 3.05) is 6.54 Å². The number of rotatable bonds is 3. The molecule has 0 aliphatic heterocycles. The van der Waals surface area contributed by atoms with E-state index in [9.17, 15) is 0 Å². The van der Waals surface area contributed by atoms with Crippen molar-refractivity contribution in [1.82, 2.24) is 14.6 Å². The van der Waals surface area contributed by atoms with E-state index in [2.05, 4.69) is 17.0 Å². The molecule has 4 nitrogen and oxygen atoms in total. The quantitative estimate of drug-likeness (QED) is 0.778. The molecule has 4 heteroatoms. The van der Waals surface area contributed by atoms with Crippen LogP contribution in [0.1, 0.15) is 18.2 Å². The van der Waals surface area contributed by atoms with Gasteiger partial charge in [0.2, 0.25) is 0 Å². The minimum atomic E-state index is 0.648. The summed E-state index contributed by atoms with van der Waals surface area (Å²) in [7, 11) is 0. The normalized spacial score (nSPS) is 11.0. The van der Waals surface area contributed by atoms with Crippen LogP contribution < -0.4 is 5.73 Å². The maximum atomic E-state index is 5.48. The molecular formula is C10H14N4. The van der Waals surface area contributed by atoms with E-state index in [0.29, 0.717) is 6.54 Å². The molecular weight excluding hydrogens is 176 g/mol. The van der Waals surface area contributed by atoms with Gasteiger partial charge in [-0.1, -0.05) is 6.92 Å². The SMILES string of the molecule is CCc1cc2ncc(CCN)cn2n1. The third-order valence-electron chi connectivity index (χ3n) is 2.21. The molecule has 0 atom stereocenters. The van der Waals surface area contributed by atoms with Crippen molar-refractivity contribution in [3.8, 4) is 0 Å². The number of fused-ring (bicyclic) bond motifs is 1. The third-order valence-corrected chi connectivity index (χ3v) is 2.21. The molecule has 2 N–H and O–H groups in total. The molecule has 0 aromatic carbocycles. The molecule has 0 aliphatic rings. The van der Waals surface area contributed by atoms with Crippen molar-refractivity contribution >= 4 is 5.65 Å². The highest BCUT2D eigenvalue weighted by Crippen LogP contribution is 2.06. The first-order chi connectivity index (χ1) is 6.83. The Morgan fingerprint density at radius 2 is 2.36 bits per heavy atom. The van der Waals surface area contributed by atoms with Crippen LogP contribution in [0.3, 0.4) is 0 Å². The zero-order valence-electron chi connectivity index (χ0n) is 8.27. The van der Waals surface area contributed by atoms with Crippen LogP contribution in [0.5, 0.6) is 0 Å². The molecule has 0 radical (unpaired) electrons. The van der Waals surface area contributed by atoms with Crippen LogP contribution in [0.4, 0.5) is 0 Å². The first-order valence-corrected chi connectivity index (χ1v) is 4.86. The van der Waals surface area contributed by atoms with Gasteiger partial charge in [-0.2, -0.15) is 5.10 Å². The van der Waals surface area contributed by atoms with Gasteiger partial charge < -0.3 is 5.73 Å². The molecule has 74 valence electrons. The van der Waals surface area contributed by atoms with Crippen LogP contribution in [0.15, 0.2) is 18.5 Å². The summed E-state index contributed by atoms with van der Waals surface area (Å²) in [4.78, 5) is 4.31. The lowest BCUT2D eigenvalue weighted by Crippen LogP contribution is -2.04. The maximum Gasteiger partial charge on any atom is 0.155 e. The molecule has 0 spiro atoms. The molecule has 0 unspecified atom stereocenters. The molecule has 2 rings (SSSR count). The van der Waals surface area contributed by atoms with Crippen molar-refractivity contribution in [2.24, 2.45) is 5.73 Å². The van der Waals surface area contributed by atoms with E-state index >= 15 is 0 Å². The summed E-state index contributed by atoms with van der Waals surface area (Å²) < 4.78 is 1.82. The number of nitrogens with two attached hydrogens (primary N) is 1. The second-order valence-electron chi connectivity index (χ2n) is 3.29. The minimum Gasteiger partial charge on any atom is -0.330 e. The lowest BCUT2D eigenvalue weighted by atomic mass is 10.2. The van der Waals surface area contributed by atoms with Crippen LogP contribution in [0, 0.1) is 0 Å². The Labute approximate surface area is 82.8 Å². The average Bonchev–Trinajstić information content (AvgIpc) is 2.60. The highest BCUT2D eigenvalue weighted by molar-refractivity contribution is 5.39. The largest absolute Gasteiger partial charge is 0.330 e. The Morgan fingerprint density at radius 1 is 1.50 bits per heavy atom. The van der Waals surface area contributed by atoms with Gasteiger partial charge in [-0.05, 0) is 24.9 Å². The highest BCUT2D eigenvalue weighted by Gasteiger charge is 2.01. The van der Waals surface area contributed by atoms with E-state index in [4.69, 9.17) is 5.73 Å². The van der Waals surface area contributed by atoms with Crippen molar-refractivity contribution in [3.05, 3.63) is 29.7 Å². The third kappa shape index (κ3) is 1.61. The first kappa shape index (κ1) is 9.15. The lowest BCUT2D eigenvalue weighted by Gasteiger charge is -1.97. The van der Waals surface area contributed by atoms with E-state index in [0.717, 1.165) is 29.7 Å².